The van der Waals surface area contributed by atoms with Crippen LogP contribution in [0.4, 0.5) is 0 Å². The molecule has 3 rings (SSSR count). The van der Waals surface area contributed by atoms with E-state index in [0.29, 0.717) is 0 Å². The van der Waals surface area contributed by atoms with E-state index >= 15 is 0 Å². The number of pyridine rings is 1. The average molecular weight is 250 g/mol. The lowest BCUT2D eigenvalue weighted by atomic mass is 10.0. The van der Waals surface area contributed by atoms with Gasteiger partial charge in [-0.1, -0.05) is 18.2 Å². The van der Waals surface area contributed by atoms with Crippen LogP contribution in [0.2, 0.25) is 0 Å². The van der Waals surface area contributed by atoms with Gasteiger partial charge < -0.3 is 5.11 Å². The zero-order valence-corrected chi connectivity index (χ0v) is 10.7. The van der Waals surface area contributed by atoms with Crippen molar-refractivity contribution in [2.24, 2.45) is 11.8 Å². The molecule has 2 aliphatic rings. The molecule has 1 aromatic heterocycles. The van der Waals surface area contributed by atoms with Crippen molar-refractivity contribution in [3.05, 3.63) is 18.3 Å². The summed E-state index contributed by atoms with van der Waals surface area (Å²) in [5.74, 6) is 3.20. The van der Waals surface area contributed by atoms with Gasteiger partial charge in [0, 0.05) is 13.1 Å². The van der Waals surface area contributed by atoms with E-state index in [2.05, 4.69) is 9.88 Å². The zero-order chi connectivity index (χ0) is 11.7. The van der Waals surface area contributed by atoms with Gasteiger partial charge in [-0.05, 0) is 36.8 Å². The van der Waals surface area contributed by atoms with Gasteiger partial charge >= 0.3 is 0 Å². The molecule has 0 bridgehead atoms. The minimum atomic E-state index is 0.241. The summed E-state index contributed by atoms with van der Waals surface area (Å²) in [6.45, 7) is 2.55. The quantitative estimate of drug-likeness (QED) is 0.837. The summed E-state index contributed by atoms with van der Waals surface area (Å²) in [5.41, 5.74) is 0. The Bertz CT molecular complexity index is 370. The normalized spacial score (nSPS) is 28.5. The predicted octanol–water partition coefficient (Wildman–Crippen LogP) is 2.57. The minimum absolute atomic E-state index is 0.241. The van der Waals surface area contributed by atoms with Gasteiger partial charge in [-0.15, -0.1) is 0 Å². The molecule has 2 unspecified atom stereocenters. The lowest BCUT2D eigenvalue weighted by Crippen LogP contribution is -2.20. The number of thioether (sulfide) groups is 1. The van der Waals surface area contributed by atoms with Crippen LogP contribution >= 0.6 is 11.8 Å². The fourth-order valence-corrected chi connectivity index (χ4v) is 3.87. The van der Waals surface area contributed by atoms with Gasteiger partial charge in [0.2, 0.25) is 0 Å². The van der Waals surface area contributed by atoms with Crippen LogP contribution in [0.1, 0.15) is 19.3 Å². The first-order chi connectivity index (χ1) is 8.31. The number of rotatable bonds is 3. The Kier molecular flexibility index (Phi) is 3.25. The molecule has 1 N–H and O–H groups in total. The van der Waals surface area contributed by atoms with E-state index in [4.69, 9.17) is 5.11 Å². The molecule has 2 heterocycles. The molecule has 1 saturated carbocycles. The van der Waals surface area contributed by atoms with Gasteiger partial charge in [0.05, 0.1) is 17.1 Å². The first-order valence-corrected chi connectivity index (χ1v) is 7.30. The Morgan fingerprint density at radius 2 is 2.06 bits per heavy atom. The van der Waals surface area contributed by atoms with Gasteiger partial charge in [-0.3, -0.25) is 4.90 Å². The van der Waals surface area contributed by atoms with E-state index in [0.717, 1.165) is 22.7 Å². The highest BCUT2D eigenvalue weighted by Gasteiger charge is 2.35. The number of hydrogen-bond acceptors (Lipinski definition) is 4. The fourth-order valence-electron chi connectivity index (χ4n) is 3.05. The van der Waals surface area contributed by atoms with E-state index in [1.165, 1.54) is 38.5 Å². The SMILES string of the molecule is Oc1ccc(SCN2CC3CCCC3C2)nc1. The topological polar surface area (TPSA) is 36.4 Å². The molecule has 3 nitrogen and oxygen atoms in total. The van der Waals surface area contributed by atoms with Crippen LogP contribution in [0, 0.1) is 11.8 Å². The highest BCUT2D eigenvalue weighted by atomic mass is 32.2. The Morgan fingerprint density at radius 3 is 2.71 bits per heavy atom. The summed E-state index contributed by atoms with van der Waals surface area (Å²) in [5, 5.41) is 10.2. The fraction of sp³-hybridized carbons (Fsp3) is 0.615. The van der Waals surface area contributed by atoms with Crippen molar-refractivity contribution in [1.29, 1.82) is 0 Å². The summed E-state index contributed by atoms with van der Waals surface area (Å²) in [7, 11) is 0. The first kappa shape index (κ1) is 11.4. The van der Waals surface area contributed by atoms with Crippen LogP contribution < -0.4 is 0 Å². The maximum atomic E-state index is 9.16. The molecule has 0 amide bonds. The van der Waals surface area contributed by atoms with Crippen LogP contribution in [0.5, 0.6) is 5.75 Å². The molecular formula is C13H18N2OS. The molecule has 4 heteroatoms. The predicted molar refractivity (Wildman–Crippen MR) is 69.0 cm³/mol. The zero-order valence-electron chi connectivity index (χ0n) is 9.88. The van der Waals surface area contributed by atoms with Crippen LogP contribution in [0.3, 0.4) is 0 Å². The molecule has 1 saturated heterocycles. The first-order valence-electron chi connectivity index (χ1n) is 6.31. The number of nitrogens with zero attached hydrogens (tertiary/aromatic N) is 2. The summed E-state index contributed by atoms with van der Waals surface area (Å²) in [6, 6.07) is 3.59. The molecule has 2 fully saturated rings. The smallest absolute Gasteiger partial charge is 0.133 e. The molecular weight excluding hydrogens is 232 g/mol. The average Bonchev–Trinajstić information content (AvgIpc) is 2.88. The molecule has 2 atom stereocenters. The third-order valence-electron chi connectivity index (χ3n) is 3.92. The van der Waals surface area contributed by atoms with Gasteiger partial charge in [0.1, 0.15) is 5.75 Å². The highest BCUT2D eigenvalue weighted by molar-refractivity contribution is 7.99. The van der Waals surface area contributed by atoms with E-state index < -0.39 is 0 Å². The van der Waals surface area contributed by atoms with Crippen molar-refractivity contribution in [2.45, 2.75) is 24.3 Å². The molecule has 0 spiro atoms. The van der Waals surface area contributed by atoms with Crippen LogP contribution in [-0.2, 0) is 0 Å². The van der Waals surface area contributed by atoms with Crippen molar-refractivity contribution >= 4 is 11.8 Å². The summed E-state index contributed by atoms with van der Waals surface area (Å²) >= 11 is 1.77. The van der Waals surface area contributed by atoms with E-state index in [-0.39, 0.29) is 5.75 Å². The Labute approximate surface area is 106 Å². The lowest BCUT2D eigenvalue weighted by molar-refractivity contribution is 0.364. The van der Waals surface area contributed by atoms with Crippen molar-refractivity contribution < 1.29 is 5.11 Å². The van der Waals surface area contributed by atoms with Crippen molar-refractivity contribution in [2.75, 3.05) is 19.0 Å². The largest absolute Gasteiger partial charge is 0.506 e. The molecule has 0 radical (unpaired) electrons. The van der Waals surface area contributed by atoms with Gasteiger partial charge in [0.25, 0.3) is 0 Å². The van der Waals surface area contributed by atoms with E-state index in [1.54, 1.807) is 17.8 Å². The number of aromatic nitrogens is 1. The molecule has 1 aliphatic carbocycles. The second-order valence-corrected chi connectivity index (χ2v) is 6.08. The van der Waals surface area contributed by atoms with Crippen LogP contribution in [0.25, 0.3) is 0 Å². The summed E-state index contributed by atoms with van der Waals surface area (Å²) in [6.07, 6.45) is 5.82. The van der Waals surface area contributed by atoms with Crippen molar-refractivity contribution in [3.63, 3.8) is 0 Å². The second-order valence-electron chi connectivity index (χ2n) is 5.12. The van der Waals surface area contributed by atoms with Crippen LogP contribution in [-0.4, -0.2) is 34.0 Å². The van der Waals surface area contributed by atoms with Gasteiger partial charge in [-0.2, -0.15) is 0 Å². The third kappa shape index (κ3) is 2.58. The van der Waals surface area contributed by atoms with Gasteiger partial charge in [-0.25, -0.2) is 4.98 Å². The number of hydrogen-bond donors (Lipinski definition) is 1. The number of likely N-dealkylation sites (tertiary alicyclic amines) is 1. The van der Waals surface area contributed by atoms with E-state index in [1.807, 2.05) is 6.07 Å². The monoisotopic (exact) mass is 250 g/mol. The molecule has 17 heavy (non-hydrogen) atoms. The maximum absolute atomic E-state index is 9.16. The number of fused-ring (bicyclic) bond motifs is 1. The third-order valence-corrected chi connectivity index (χ3v) is 4.95. The van der Waals surface area contributed by atoms with Gasteiger partial charge in [0.15, 0.2) is 0 Å². The van der Waals surface area contributed by atoms with E-state index in [9.17, 15) is 0 Å². The second kappa shape index (κ2) is 4.86. The van der Waals surface area contributed by atoms with Crippen molar-refractivity contribution in [3.8, 4) is 5.75 Å². The number of aromatic hydroxyl groups is 1. The lowest BCUT2D eigenvalue weighted by Gasteiger charge is -2.15. The van der Waals surface area contributed by atoms with Crippen LogP contribution in [0.15, 0.2) is 23.4 Å². The highest BCUT2D eigenvalue weighted by Crippen LogP contribution is 2.38. The molecule has 1 aromatic rings. The Morgan fingerprint density at radius 1 is 1.29 bits per heavy atom. The van der Waals surface area contributed by atoms with Crippen molar-refractivity contribution in [1.82, 2.24) is 9.88 Å². The standard InChI is InChI=1S/C13H18N2OS/c16-12-4-5-13(14-6-12)17-9-15-7-10-2-1-3-11(10)8-15/h4-6,10-11,16H,1-3,7-9H2. The Balaban J connectivity index is 1.50. The minimum Gasteiger partial charge on any atom is -0.506 e. The summed E-state index contributed by atoms with van der Waals surface area (Å²) in [4.78, 5) is 6.75. The maximum Gasteiger partial charge on any atom is 0.133 e. The summed E-state index contributed by atoms with van der Waals surface area (Å²) < 4.78 is 0. The molecule has 0 aromatic carbocycles. The molecule has 92 valence electrons. The Hall–Kier alpha value is -0.740. The molecule has 1 aliphatic heterocycles.